The van der Waals surface area contributed by atoms with Gasteiger partial charge in [0.25, 0.3) is 0 Å². The first-order chi connectivity index (χ1) is 9.66. The molecule has 1 atom stereocenters. The molecule has 2 N–H and O–H groups in total. The van der Waals surface area contributed by atoms with Crippen molar-refractivity contribution in [2.24, 2.45) is 0 Å². The highest BCUT2D eigenvalue weighted by molar-refractivity contribution is 5.89. The van der Waals surface area contributed by atoms with Crippen LogP contribution < -0.4 is 10.6 Å². The fourth-order valence-corrected chi connectivity index (χ4v) is 2.00. The van der Waals surface area contributed by atoms with E-state index in [1.807, 2.05) is 42.6 Å². The molecule has 1 unspecified atom stereocenters. The van der Waals surface area contributed by atoms with E-state index in [1.54, 1.807) is 6.20 Å². The Morgan fingerprint density at radius 1 is 1.25 bits per heavy atom. The Morgan fingerprint density at radius 3 is 2.75 bits per heavy atom. The van der Waals surface area contributed by atoms with E-state index in [9.17, 15) is 4.79 Å². The highest BCUT2D eigenvalue weighted by Crippen LogP contribution is 2.17. The molecular formula is C16H19N3O. The molecule has 104 valence electrons. The average Bonchev–Trinajstić information content (AvgIpc) is 2.46. The quantitative estimate of drug-likeness (QED) is 0.877. The first-order valence-electron chi connectivity index (χ1n) is 6.65. The molecular weight excluding hydrogens is 250 g/mol. The summed E-state index contributed by atoms with van der Waals surface area (Å²) in [5, 5.41) is 6.28. The highest BCUT2D eigenvalue weighted by Gasteiger charge is 2.07. The van der Waals surface area contributed by atoms with Crippen LogP contribution in [0.5, 0.6) is 0 Å². The smallest absolute Gasteiger partial charge is 0.221 e. The minimum atomic E-state index is -0.0576. The number of carbonyl (C=O) groups is 1. The molecule has 2 rings (SSSR count). The van der Waals surface area contributed by atoms with Gasteiger partial charge in [0, 0.05) is 37.6 Å². The molecule has 0 bridgehead atoms. The first-order valence-corrected chi connectivity index (χ1v) is 6.65. The van der Waals surface area contributed by atoms with Gasteiger partial charge in [0.05, 0.1) is 0 Å². The normalized spacial score (nSPS) is 11.9. The van der Waals surface area contributed by atoms with Crippen molar-refractivity contribution in [2.45, 2.75) is 26.4 Å². The van der Waals surface area contributed by atoms with E-state index < -0.39 is 0 Å². The maximum absolute atomic E-state index is 11.2. The number of amides is 1. The Morgan fingerprint density at radius 2 is 2.05 bits per heavy atom. The highest BCUT2D eigenvalue weighted by atomic mass is 16.1. The van der Waals surface area contributed by atoms with Gasteiger partial charge in [-0.25, -0.2) is 0 Å². The second kappa shape index (κ2) is 6.82. The molecule has 0 radical (unpaired) electrons. The molecule has 0 fully saturated rings. The molecule has 4 heteroatoms. The molecule has 0 saturated heterocycles. The Labute approximate surface area is 119 Å². The van der Waals surface area contributed by atoms with Crippen molar-refractivity contribution in [3.8, 4) is 0 Å². The van der Waals surface area contributed by atoms with E-state index in [-0.39, 0.29) is 11.9 Å². The number of nitrogens with one attached hydrogen (secondary N) is 2. The number of rotatable bonds is 5. The molecule has 1 heterocycles. The van der Waals surface area contributed by atoms with Gasteiger partial charge in [0.15, 0.2) is 0 Å². The lowest BCUT2D eigenvalue weighted by Gasteiger charge is -2.16. The van der Waals surface area contributed by atoms with Crippen LogP contribution in [0.25, 0.3) is 0 Å². The van der Waals surface area contributed by atoms with Crippen LogP contribution in [0, 0.1) is 0 Å². The predicted molar refractivity (Wildman–Crippen MR) is 80.2 cm³/mol. The SMILES string of the molecule is CC(=O)Nc1ccccc1CNC(C)c1cccnc1. The number of pyridine rings is 1. The van der Waals surface area contributed by atoms with Crippen LogP contribution in [0.15, 0.2) is 48.8 Å². The van der Waals surface area contributed by atoms with E-state index in [0.29, 0.717) is 6.54 Å². The molecule has 0 saturated carbocycles. The van der Waals surface area contributed by atoms with Crippen LogP contribution in [0.2, 0.25) is 0 Å². The standard InChI is InChI=1S/C16H19N3O/c1-12(14-7-5-9-17-10-14)18-11-15-6-3-4-8-16(15)19-13(2)20/h3-10,12,18H,11H2,1-2H3,(H,19,20). The molecule has 4 nitrogen and oxygen atoms in total. The monoisotopic (exact) mass is 269 g/mol. The number of aromatic nitrogens is 1. The van der Waals surface area contributed by atoms with Crippen LogP contribution in [-0.2, 0) is 11.3 Å². The molecule has 0 aliphatic rings. The zero-order chi connectivity index (χ0) is 14.4. The molecule has 0 spiro atoms. The van der Waals surface area contributed by atoms with Crippen molar-refractivity contribution in [1.82, 2.24) is 10.3 Å². The van der Waals surface area contributed by atoms with Crippen molar-refractivity contribution in [2.75, 3.05) is 5.32 Å². The third-order valence-electron chi connectivity index (χ3n) is 3.11. The number of hydrogen-bond acceptors (Lipinski definition) is 3. The number of para-hydroxylation sites is 1. The molecule has 1 aromatic heterocycles. The van der Waals surface area contributed by atoms with Gasteiger partial charge in [-0.1, -0.05) is 24.3 Å². The van der Waals surface area contributed by atoms with Gasteiger partial charge in [0.2, 0.25) is 5.91 Å². The first kappa shape index (κ1) is 14.2. The third-order valence-corrected chi connectivity index (χ3v) is 3.11. The number of anilines is 1. The fourth-order valence-electron chi connectivity index (χ4n) is 2.00. The van der Waals surface area contributed by atoms with Gasteiger partial charge in [-0.05, 0) is 30.2 Å². The molecule has 0 aliphatic heterocycles. The van der Waals surface area contributed by atoms with E-state index >= 15 is 0 Å². The van der Waals surface area contributed by atoms with E-state index in [4.69, 9.17) is 0 Å². The molecule has 2 aromatic rings. The summed E-state index contributed by atoms with van der Waals surface area (Å²) in [6, 6.07) is 12.0. The lowest BCUT2D eigenvalue weighted by Crippen LogP contribution is -2.19. The Hall–Kier alpha value is -2.20. The summed E-state index contributed by atoms with van der Waals surface area (Å²) in [4.78, 5) is 15.3. The third kappa shape index (κ3) is 3.90. The van der Waals surface area contributed by atoms with E-state index in [0.717, 1.165) is 16.8 Å². The molecule has 20 heavy (non-hydrogen) atoms. The van der Waals surface area contributed by atoms with Crippen LogP contribution in [-0.4, -0.2) is 10.9 Å². The summed E-state index contributed by atoms with van der Waals surface area (Å²) < 4.78 is 0. The van der Waals surface area contributed by atoms with Gasteiger partial charge < -0.3 is 10.6 Å². The number of hydrogen-bond donors (Lipinski definition) is 2. The van der Waals surface area contributed by atoms with Gasteiger partial charge in [-0.2, -0.15) is 0 Å². The van der Waals surface area contributed by atoms with Gasteiger partial charge in [-0.3, -0.25) is 9.78 Å². The number of benzene rings is 1. The van der Waals surface area contributed by atoms with Crippen molar-refractivity contribution in [1.29, 1.82) is 0 Å². The second-order valence-corrected chi connectivity index (χ2v) is 4.73. The summed E-state index contributed by atoms with van der Waals surface area (Å²) in [6.07, 6.45) is 3.62. The zero-order valence-electron chi connectivity index (χ0n) is 11.8. The van der Waals surface area contributed by atoms with Gasteiger partial charge in [-0.15, -0.1) is 0 Å². The molecule has 0 aliphatic carbocycles. The number of nitrogens with zero attached hydrogens (tertiary/aromatic N) is 1. The largest absolute Gasteiger partial charge is 0.326 e. The Balaban J connectivity index is 2.02. The maximum Gasteiger partial charge on any atom is 0.221 e. The summed E-state index contributed by atoms with van der Waals surface area (Å²) >= 11 is 0. The second-order valence-electron chi connectivity index (χ2n) is 4.73. The van der Waals surface area contributed by atoms with Crippen molar-refractivity contribution in [3.05, 3.63) is 59.9 Å². The zero-order valence-corrected chi connectivity index (χ0v) is 11.8. The van der Waals surface area contributed by atoms with Crippen LogP contribution >= 0.6 is 0 Å². The lowest BCUT2D eigenvalue weighted by molar-refractivity contribution is -0.114. The van der Waals surface area contributed by atoms with Crippen molar-refractivity contribution in [3.63, 3.8) is 0 Å². The maximum atomic E-state index is 11.2. The van der Waals surface area contributed by atoms with Crippen molar-refractivity contribution >= 4 is 11.6 Å². The summed E-state index contributed by atoms with van der Waals surface area (Å²) in [5.74, 6) is -0.0576. The van der Waals surface area contributed by atoms with E-state index in [2.05, 4.69) is 22.5 Å². The topological polar surface area (TPSA) is 54.0 Å². The summed E-state index contributed by atoms with van der Waals surface area (Å²) in [7, 11) is 0. The van der Waals surface area contributed by atoms with E-state index in [1.165, 1.54) is 6.92 Å². The minimum Gasteiger partial charge on any atom is -0.326 e. The summed E-state index contributed by atoms with van der Waals surface area (Å²) in [6.45, 7) is 4.30. The van der Waals surface area contributed by atoms with Crippen molar-refractivity contribution < 1.29 is 4.79 Å². The molecule has 1 aromatic carbocycles. The Bertz CT molecular complexity index is 569. The van der Waals surface area contributed by atoms with Gasteiger partial charge >= 0.3 is 0 Å². The average molecular weight is 269 g/mol. The Kier molecular flexibility index (Phi) is 4.85. The van der Waals surface area contributed by atoms with Gasteiger partial charge in [0.1, 0.15) is 0 Å². The predicted octanol–water partition coefficient (Wildman–Crippen LogP) is 2.89. The minimum absolute atomic E-state index is 0.0576. The number of carbonyl (C=O) groups excluding carboxylic acids is 1. The lowest BCUT2D eigenvalue weighted by atomic mass is 10.1. The fraction of sp³-hybridized carbons (Fsp3) is 0.250. The van der Waals surface area contributed by atoms with Crippen LogP contribution in [0.1, 0.15) is 31.0 Å². The van der Waals surface area contributed by atoms with Crippen LogP contribution in [0.3, 0.4) is 0 Å². The summed E-state index contributed by atoms with van der Waals surface area (Å²) in [5.41, 5.74) is 3.06. The molecule has 1 amide bonds. The van der Waals surface area contributed by atoms with Crippen LogP contribution in [0.4, 0.5) is 5.69 Å².